The first kappa shape index (κ1) is 33.6. The molecule has 4 heterocycles. The van der Waals surface area contributed by atoms with E-state index in [1.807, 2.05) is 34.1 Å². The second-order valence-electron chi connectivity index (χ2n) is 13.6. The van der Waals surface area contributed by atoms with Crippen LogP contribution in [0.2, 0.25) is 0 Å². The topological polar surface area (TPSA) is 135 Å². The third kappa shape index (κ3) is 8.03. The van der Waals surface area contributed by atoms with E-state index in [1.165, 1.54) is 7.11 Å². The highest BCUT2D eigenvalue weighted by Crippen LogP contribution is 2.29. The van der Waals surface area contributed by atoms with Gasteiger partial charge in [-0.2, -0.15) is 0 Å². The maximum atomic E-state index is 14.0. The number of hydrogen-bond acceptors (Lipinski definition) is 7. The van der Waals surface area contributed by atoms with Gasteiger partial charge in [0.25, 0.3) is 0 Å². The second-order valence-corrected chi connectivity index (χ2v) is 13.6. The molecule has 0 saturated carbocycles. The summed E-state index contributed by atoms with van der Waals surface area (Å²) in [6.45, 7) is 4.68. The number of ether oxygens (including phenoxy) is 1. The number of methoxy groups -OCH3 is 1. The van der Waals surface area contributed by atoms with Crippen LogP contribution >= 0.6 is 0 Å². The number of urea groups is 2. The van der Waals surface area contributed by atoms with Crippen LogP contribution in [0.5, 0.6) is 5.75 Å². The van der Waals surface area contributed by atoms with Crippen LogP contribution in [-0.2, 0) is 27.3 Å². The largest absolute Gasteiger partial charge is 0.508 e. The van der Waals surface area contributed by atoms with Crippen LogP contribution in [-0.4, -0.2) is 113 Å². The number of piperidine rings is 3. The van der Waals surface area contributed by atoms with Crippen molar-refractivity contribution in [1.82, 2.24) is 24.9 Å². The zero-order chi connectivity index (χ0) is 33.6. The van der Waals surface area contributed by atoms with Gasteiger partial charge in [-0.15, -0.1) is 0 Å². The first-order valence-corrected chi connectivity index (χ1v) is 17.4. The molecule has 12 heteroatoms. The minimum absolute atomic E-state index is 0.0248. The lowest BCUT2D eigenvalue weighted by Gasteiger charge is -2.42. The number of likely N-dealkylation sites (tertiary alicyclic amines) is 3. The number of carbonyl (C=O) groups is 4. The summed E-state index contributed by atoms with van der Waals surface area (Å²) in [4.78, 5) is 60.1. The first-order valence-electron chi connectivity index (χ1n) is 17.4. The lowest BCUT2D eigenvalue weighted by atomic mass is 9.91. The number of aromatic hydroxyl groups is 1. The molecule has 2 aromatic rings. The Hall–Kier alpha value is -4.32. The fraction of sp³-hybridized carbons (Fsp3) is 0.556. The fourth-order valence-corrected chi connectivity index (χ4v) is 7.72. The van der Waals surface area contributed by atoms with E-state index in [-0.39, 0.29) is 35.7 Å². The van der Waals surface area contributed by atoms with Crippen molar-refractivity contribution >= 4 is 29.6 Å². The van der Waals surface area contributed by atoms with Crippen molar-refractivity contribution in [3.8, 4) is 5.75 Å². The highest BCUT2D eigenvalue weighted by atomic mass is 16.5. The molecule has 48 heavy (non-hydrogen) atoms. The summed E-state index contributed by atoms with van der Waals surface area (Å²) in [6, 6.07) is 13.9. The monoisotopic (exact) mass is 660 g/mol. The number of phenols is 1. The molecule has 0 spiro atoms. The number of nitrogens with one attached hydrogen (secondary N) is 2. The van der Waals surface area contributed by atoms with Gasteiger partial charge in [-0.1, -0.05) is 30.3 Å². The number of hydrogen-bond donors (Lipinski definition) is 3. The number of esters is 1. The molecule has 12 nitrogen and oxygen atoms in total. The van der Waals surface area contributed by atoms with Gasteiger partial charge < -0.3 is 40.1 Å². The fourth-order valence-electron chi connectivity index (χ4n) is 7.72. The molecule has 0 aliphatic carbocycles. The molecule has 0 radical (unpaired) electrons. The van der Waals surface area contributed by atoms with Gasteiger partial charge in [0, 0.05) is 63.3 Å². The summed E-state index contributed by atoms with van der Waals surface area (Å²) in [6.07, 6.45) is 5.82. The highest BCUT2D eigenvalue weighted by molar-refractivity contribution is 5.92. The summed E-state index contributed by atoms with van der Waals surface area (Å²) in [5.41, 5.74) is 2.78. The number of rotatable bonds is 8. The third-order valence-corrected chi connectivity index (χ3v) is 10.6. The standard InChI is InChI=1S/C36H48N6O6/c1-48-33(44)23-26-10-16-39(17-11-26)28-12-18-40(19-13-28)34(45)32(22-25-6-8-30(43)9-7-25)38-35(46)41-20-14-29(15-21-41)42-24-27-4-2-3-5-31(27)37-36(42)47/h2-9,26,28-29,32,43H,10-24H2,1H3,(H,37,47)(H,38,46)/t32-/m1/s1. The van der Waals surface area contributed by atoms with Gasteiger partial charge in [-0.05, 0) is 86.9 Å². The van der Waals surface area contributed by atoms with E-state index in [1.54, 1.807) is 29.2 Å². The molecular weight excluding hydrogens is 612 g/mol. The molecule has 4 aliphatic rings. The van der Waals surface area contributed by atoms with Gasteiger partial charge >= 0.3 is 18.0 Å². The minimum Gasteiger partial charge on any atom is -0.508 e. The Balaban J connectivity index is 1.03. The molecule has 5 amide bonds. The Morgan fingerprint density at radius 2 is 1.52 bits per heavy atom. The Morgan fingerprint density at radius 1 is 0.875 bits per heavy atom. The van der Waals surface area contributed by atoms with Crippen molar-refractivity contribution < 1.29 is 29.0 Å². The maximum Gasteiger partial charge on any atom is 0.322 e. The predicted molar refractivity (Wildman–Crippen MR) is 180 cm³/mol. The smallest absolute Gasteiger partial charge is 0.322 e. The Kier molecular flexibility index (Phi) is 10.7. The van der Waals surface area contributed by atoms with Crippen LogP contribution in [0, 0.1) is 5.92 Å². The van der Waals surface area contributed by atoms with E-state index in [0.717, 1.165) is 55.6 Å². The van der Waals surface area contributed by atoms with Crippen molar-refractivity contribution in [3.05, 3.63) is 59.7 Å². The van der Waals surface area contributed by atoms with Gasteiger partial charge in [0.15, 0.2) is 0 Å². The lowest BCUT2D eigenvalue weighted by Crippen LogP contribution is -2.57. The van der Waals surface area contributed by atoms with Gasteiger partial charge in [-0.3, -0.25) is 9.59 Å². The third-order valence-electron chi connectivity index (χ3n) is 10.6. The maximum absolute atomic E-state index is 14.0. The van der Waals surface area contributed by atoms with Crippen LogP contribution < -0.4 is 10.6 Å². The summed E-state index contributed by atoms with van der Waals surface area (Å²) in [7, 11) is 1.44. The van der Waals surface area contributed by atoms with Gasteiger partial charge in [0.2, 0.25) is 5.91 Å². The Labute approximate surface area is 282 Å². The van der Waals surface area contributed by atoms with Gasteiger partial charge in [0.05, 0.1) is 7.11 Å². The van der Waals surface area contributed by atoms with E-state index in [2.05, 4.69) is 15.5 Å². The average Bonchev–Trinajstić information content (AvgIpc) is 3.12. The van der Waals surface area contributed by atoms with Crippen LogP contribution in [0.15, 0.2) is 48.5 Å². The molecule has 3 fully saturated rings. The van der Waals surface area contributed by atoms with E-state index >= 15 is 0 Å². The van der Waals surface area contributed by atoms with E-state index < -0.39 is 6.04 Å². The molecule has 258 valence electrons. The molecule has 3 saturated heterocycles. The number of benzene rings is 2. The predicted octanol–water partition coefficient (Wildman–Crippen LogP) is 3.79. The number of nitrogens with zero attached hydrogens (tertiary/aromatic N) is 4. The zero-order valence-electron chi connectivity index (χ0n) is 27.8. The van der Waals surface area contributed by atoms with Crippen molar-refractivity contribution in [1.29, 1.82) is 0 Å². The summed E-state index contributed by atoms with van der Waals surface area (Å²) in [5, 5.41) is 15.8. The van der Waals surface area contributed by atoms with Crippen LogP contribution in [0.1, 0.15) is 56.1 Å². The van der Waals surface area contributed by atoms with Crippen molar-refractivity contribution in [3.63, 3.8) is 0 Å². The summed E-state index contributed by atoms with van der Waals surface area (Å²) in [5.74, 6) is 0.282. The summed E-state index contributed by atoms with van der Waals surface area (Å²) >= 11 is 0. The van der Waals surface area contributed by atoms with Crippen LogP contribution in [0.3, 0.4) is 0 Å². The average molecular weight is 661 g/mol. The minimum atomic E-state index is -0.741. The van der Waals surface area contributed by atoms with Crippen LogP contribution in [0.4, 0.5) is 15.3 Å². The molecule has 3 N–H and O–H groups in total. The number of phenolic OH excluding ortho intramolecular Hbond substituents is 1. The molecule has 6 rings (SSSR count). The number of carbonyl (C=O) groups excluding carboxylic acids is 4. The molecule has 1 atom stereocenters. The van der Waals surface area contributed by atoms with Crippen LogP contribution in [0.25, 0.3) is 0 Å². The summed E-state index contributed by atoms with van der Waals surface area (Å²) < 4.78 is 4.85. The lowest BCUT2D eigenvalue weighted by molar-refractivity contribution is -0.142. The molecule has 0 aromatic heterocycles. The van der Waals surface area contributed by atoms with E-state index in [4.69, 9.17) is 4.74 Å². The molecule has 2 aromatic carbocycles. The molecule has 0 bridgehead atoms. The van der Waals surface area contributed by atoms with Crippen molar-refractivity contribution in [2.75, 3.05) is 51.7 Å². The zero-order valence-corrected chi connectivity index (χ0v) is 27.8. The number of anilines is 1. The number of fused-ring (bicyclic) bond motifs is 1. The molecular formula is C36H48N6O6. The van der Waals surface area contributed by atoms with Crippen molar-refractivity contribution in [2.45, 2.75) is 76.0 Å². The Bertz CT molecular complexity index is 1450. The molecule has 0 unspecified atom stereocenters. The van der Waals surface area contributed by atoms with Gasteiger partial charge in [-0.25, -0.2) is 9.59 Å². The van der Waals surface area contributed by atoms with E-state index in [0.29, 0.717) is 70.4 Å². The van der Waals surface area contributed by atoms with E-state index in [9.17, 15) is 24.3 Å². The first-order chi connectivity index (χ1) is 23.3. The number of amides is 5. The Morgan fingerprint density at radius 3 is 2.21 bits per heavy atom. The van der Waals surface area contributed by atoms with Crippen molar-refractivity contribution in [2.24, 2.45) is 5.92 Å². The van der Waals surface area contributed by atoms with Gasteiger partial charge in [0.1, 0.15) is 11.8 Å². The second kappa shape index (κ2) is 15.3. The quantitative estimate of drug-likeness (QED) is 0.367. The normalized spacial score (nSPS) is 20.5. The molecule has 4 aliphatic heterocycles. The SMILES string of the molecule is COC(=O)CC1CCN(C2CCN(C(=O)[C@@H](Cc3ccc(O)cc3)NC(=O)N3CCC(N4Cc5ccccc5NC4=O)CC3)CC2)CC1. The highest BCUT2D eigenvalue weighted by Gasteiger charge is 2.36. The number of para-hydroxylation sites is 1.